The number of rotatable bonds is 4. The van der Waals surface area contributed by atoms with Crippen molar-refractivity contribution in [3.8, 4) is 0 Å². The molecule has 2 rings (SSSR count). The van der Waals surface area contributed by atoms with Gasteiger partial charge in [0.2, 0.25) is 0 Å². The van der Waals surface area contributed by atoms with E-state index in [2.05, 4.69) is 20.8 Å². The van der Waals surface area contributed by atoms with Crippen LogP contribution in [0.15, 0.2) is 36.7 Å². The van der Waals surface area contributed by atoms with Crippen LogP contribution in [-0.4, -0.2) is 22.0 Å². The fourth-order valence-corrected chi connectivity index (χ4v) is 1.52. The summed E-state index contributed by atoms with van der Waals surface area (Å²) in [7, 11) is 0. The fourth-order valence-electron chi connectivity index (χ4n) is 1.52. The first-order valence-corrected chi connectivity index (χ1v) is 5.78. The molecule has 2 aromatic rings. The van der Waals surface area contributed by atoms with Gasteiger partial charge < -0.3 is 10.6 Å². The minimum absolute atomic E-state index is 0.00374. The number of aromatic nitrogens is 2. The first-order valence-electron chi connectivity index (χ1n) is 5.78. The molecule has 0 fully saturated rings. The van der Waals surface area contributed by atoms with Crippen LogP contribution in [0.1, 0.15) is 22.8 Å². The van der Waals surface area contributed by atoms with Crippen LogP contribution < -0.4 is 10.6 Å². The number of nitrogens with zero attached hydrogens (tertiary/aromatic N) is 1. The number of hydrogen-bond donors (Lipinski definition) is 3. The smallest absolute Gasteiger partial charge is 0.319 e. The van der Waals surface area contributed by atoms with Crippen molar-refractivity contribution in [2.75, 3.05) is 5.32 Å². The highest BCUT2D eigenvalue weighted by Gasteiger charge is 2.03. The molecule has 1 aromatic carbocycles. The number of ketones is 1. The number of aromatic amines is 1. The van der Waals surface area contributed by atoms with Crippen molar-refractivity contribution in [3.05, 3.63) is 47.8 Å². The number of amides is 2. The minimum atomic E-state index is -0.309. The highest BCUT2D eigenvalue weighted by Crippen LogP contribution is 2.09. The molecule has 0 aliphatic heterocycles. The Morgan fingerprint density at radius 2 is 2.00 bits per heavy atom. The molecular formula is C13H14N4O2. The molecular weight excluding hydrogens is 244 g/mol. The van der Waals surface area contributed by atoms with Crippen molar-refractivity contribution in [2.45, 2.75) is 13.5 Å². The molecule has 1 aromatic heterocycles. The standard InChI is InChI=1S/C13H14N4O2/c1-9(18)11-2-4-12(5-3-11)17-13(19)14-6-10-7-15-16-8-10/h2-5,7-8H,6H2,1H3,(H,15,16)(H2,14,17,19). The molecule has 0 atom stereocenters. The van der Waals surface area contributed by atoms with Gasteiger partial charge in [-0.05, 0) is 31.2 Å². The van der Waals surface area contributed by atoms with Crippen LogP contribution >= 0.6 is 0 Å². The van der Waals surface area contributed by atoms with Crippen molar-refractivity contribution < 1.29 is 9.59 Å². The van der Waals surface area contributed by atoms with E-state index in [-0.39, 0.29) is 11.8 Å². The van der Waals surface area contributed by atoms with Crippen molar-refractivity contribution in [1.82, 2.24) is 15.5 Å². The molecule has 0 aliphatic rings. The SMILES string of the molecule is CC(=O)c1ccc(NC(=O)NCc2cn[nH]c2)cc1. The second-order valence-corrected chi connectivity index (χ2v) is 4.05. The van der Waals surface area contributed by atoms with E-state index in [4.69, 9.17) is 0 Å². The fraction of sp³-hybridized carbons (Fsp3) is 0.154. The Kier molecular flexibility index (Phi) is 3.92. The molecule has 0 aliphatic carbocycles. The third-order valence-corrected chi connectivity index (χ3v) is 2.56. The predicted octanol–water partition coefficient (Wildman–Crippen LogP) is 1.93. The number of nitrogens with one attached hydrogen (secondary N) is 3. The predicted molar refractivity (Wildman–Crippen MR) is 70.9 cm³/mol. The van der Waals surface area contributed by atoms with Crippen LogP contribution in [0.5, 0.6) is 0 Å². The lowest BCUT2D eigenvalue weighted by atomic mass is 10.1. The normalized spacial score (nSPS) is 9.95. The van der Waals surface area contributed by atoms with Gasteiger partial charge in [-0.25, -0.2) is 4.79 Å². The maximum absolute atomic E-state index is 11.6. The molecule has 0 spiro atoms. The summed E-state index contributed by atoms with van der Waals surface area (Å²) in [5.74, 6) is -0.00374. The Morgan fingerprint density at radius 3 is 2.58 bits per heavy atom. The zero-order chi connectivity index (χ0) is 13.7. The van der Waals surface area contributed by atoms with Crippen LogP contribution in [0.2, 0.25) is 0 Å². The summed E-state index contributed by atoms with van der Waals surface area (Å²) in [4.78, 5) is 22.7. The van der Waals surface area contributed by atoms with Crippen molar-refractivity contribution in [3.63, 3.8) is 0 Å². The van der Waals surface area contributed by atoms with Crippen LogP contribution in [0.3, 0.4) is 0 Å². The number of benzene rings is 1. The molecule has 0 saturated heterocycles. The Balaban J connectivity index is 1.86. The quantitative estimate of drug-likeness (QED) is 0.732. The zero-order valence-electron chi connectivity index (χ0n) is 10.4. The topological polar surface area (TPSA) is 86.9 Å². The number of carbonyl (C=O) groups is 2. The summed E-state index contributed by atoms with van der Waals surface area (Å²) in [5.41, 5.74) is 2.14. The van der Waals surface area contributed by atoms with E-state index in [1.807, 2.05) is 0 Å². The number of H-pyrrole nitrogens is 1. The van der Waals surface area contributed by atoms with E-state index in [1.165, 1.54) is 6.92 Å². The lowest BCUT2D eigenvalue weighted by Gasteiger charge is -2.07. The average Bonchev–Trinajstić information content (AvgIpc) is 2.90. The molecule has 0 radical (unpaired) electrons. The first kappa shape index (κ1) is 12.8. The van der Waals surface area contributed by atoms with Crippen LogP contribution in [0.25, 0.3) is 0 Å². The molecule has 0 saturated carbocycles. The van der Waals surface area contributed by atoms with E-state index in [9.17, 15) is 9.59 Å². The van der Waals surface area contributed by atoms with Crippen molar-refractivity contribution in [2.24, 2.45) is 0 Å². The van der Waals surface area contributed by atoms with Gasteiger partial charge in [0.25, 0.3) is 0 Å². The van der Waals surface area contributed by atoms with Gasteiger partial charge in [0.15, 0.2) is 5.78 Å². The second kappa shape index (κ2) is 5.81. The van der Waals surface area contributed by atoms with Gasteiger partial charge in [-0.2, -0.15) is 5.10 Å². The molecule has 6 heteroatoms. The number of anilines is 1. The average molecular weight is 258 g/mol. The van der Waals surface area contributed by atoms with Crippen LogP contribution in [-0.2, 0) is 6.54 Å². The van der Waals surface area contributed by atoms with Crippen molar-refractivity contribution >= 4 is 17.5 Å². The number of urea groups is 1. The van der Waals surface area contributed by atoms with Crippen LogP contribution in [0.4, 0.5) is 10.5 Å². The maximum atomic E-state index is 11.6. The Labute approximate surface area is 110 Å². The van der Waals surface area contributed by atoms with E-state index >= 15 is 0 Å². The van der Waals surface area contributed by atoms with Gasteiger partial charge in [-0.1, -0.05) is 0 Å². The van der Waals surface area contributed by atoms with Gasteiger partial charge in [0.05, 0.1) is 6.20 Å². The lowest BCUT2D eigenvalue weighted by Crippen LogP contribution is -2.28. The third-order valence-electron chi connectivity index (χ3n) is 2.56. The minimum Gasteiger partial charge on any atom is -0.334 e. The zero-order valence-corrected chi connectivity index (χ0v) is 10.4. The summed E-state index contributed by atoms with van der Waals surface area (Å²) in [6.45, 7) is 1.90. The first-order chi connectivity index (χ1) is 9.15. The number of hydrogen-bond acceptors (Lipinski definition) is 3. The van der Waals surface area contributed by atoms with E-state index in [1.54, 1.807) is 36.7 Å². The Hall–Kier alpha value is -2.63. The highest BCUT2D eigenvalue weighted by atomic mass is 16.2. The van der Waals surface area contributed by atoms with E-state index < -0.39 is 0 Å². The maximum Gasteiger partial charge on any atom is 0.319 e. The lowest BCUT2D eigenvalue weighted by molar-refractivity contribution is 0.101. The molecule has 3 N–H and O–H groups in total. The molecule has 19 heavy (non-hydrogen) atoms. The summed E-state index contributed by atoms with van der Waals surface area (Å²) in [6, 6.07) is 6.42. The third kappa shape index (κ3) is 3.67. The monoisotopic (exact) mass is 258 g/mol. The molecule has 2 amide bonds. The summed E-state index contributed by atoms with van der Waals surface area (Å²) in [6.07, 6.45) is 3.35. The van der Waals surface area contributed by atoms with Crippen molar-refractivity contribution in [1.29, 1.82) is 0 Å². The Bertz CT molecular complexity index is 561. The molecule has 6 nitrogen and oxygen atoms in total. The van der Waals surface area contributed by atoms with Gasteiger partial charge >= 0.3 is 6.03 Å². The number of Topliss-reactive ketones (excluding diaryl/α,β-unsaturated/α-hetero) is 1. The van der Waals surface area contributed by atoms with Gasteiger partial charge in [0.1, 0.15) is 0 Å². The number of carbonyl (C=O) groups excluding carboxylic acids is 2. The molecule has 0 unspecified atom stereocenters. The van der Waals surface area contributed by atoms with Crippen LogP contribution in [0, 0.1) is 0 Å². The summed E-state index contributed by atoms with van der Waals surface area (Å²) in [5, 5.41) is 11.8. The van der Waals surface area contributed by atoms with E-state index in [0.717, 1.165) is 5.56 Å². The highest BCUT2D eigenvalue weighted by molar-refractivity contribution is 5.95. The second-order valence-electron chi connectivity index (χ2n) is 4.05. The largest absolute Gasteiger partial charge is 0.334 e. The van der Waals surface area contributed by atoms with E-state index in [0.29, 0.717) is 17.8 Å². The van der Waals surface area contributed by atoms with Gasteiger partial charge in [-0.3, -0.25) is 9.89 Å². The van der Waals surface area contributed by atoms with Gasteiger partial charge in [-0.15, -0.1) is 0 Å². The summed E-state index contributed by atoms with van der Waals surface area (Å²) < 4.78 is 0. The van der Waals surface area contributed by atoms with Gasteiger partial charge in [0, 0.05) is 29.6 Å². The molecule has 0 bridgehead atoms. The molecule has 98 valence electrons. The summed E-state index contributed by atoms with van der Waals surface area (Å²) >= 11 is 0. The molecule has 1 heterocycles. The Morgan fingerprint density at radius 1 is 1.26 bits per heavy atom.